The number of thiazole rings is 1. The number of hydrogen-bond acceptors (Lipinski definition) is 9. The second-order valence-electron chi connectivity index (χ2n) is 18.2. The van der Waals surface area contributed by atoms with E-state index in [1.54, 1.807) is 23.5 Å². The molecule has 0 spiro atoms. The first-order chi connectivity index (χ1) is 32.2. The highest BCUT2D eigenvalue weighted by molar-refractivity contribution is 7.13. The summed E-state index contributed by atoms with van der Waals surface area (Å²) in [7, 11) is 0. The number of carbonyl (C=O) groups is 4. The predicted octanol–water partition coefficient (Wildman–Crippen LogP) is 8.84. The fourth-order valence-electron chi connectivity index (χ4n) is 8.41. The second kappa shape index (κ2) is 23.9. The van der Waals surface area contributed by atoms with Gasteiger partial charge < -0.3 is 35.8 Å². The van der Waals surface area contributed by atoms with Crippen LogP contribution in [0.4, 0.5) is 0 Å². The van der Waals surface area contributed by atoms with Crippen molar-refractivity contribution in [3.63, 3.8) is 0 Å². The lowest BCUT2D eigenvalue weighted by molar-refractivity contribution is -0.144. The lowest BCUT2D eigenvalue weighted by Crippen LogP contribution is -2.57. The first kappa shape index (κ1) is 50.1. The Kier molecular flexibility index (Phi) is 17.9. The maximum absolute atomic E-state index is 14.0. The molecule has 4 amide bonds. The minimum Gasteiger partial charge on any atom is -0.508 e. The quantitative estimate of drug-likeness (QED) is 0.0359. The van der Waals surface area contributed by atoms with Crippen molar-refractivity contribution in [1.82, 2.24) is 25.8 Å². The van der Waals surface area contributed by atoms with E-state index in [2.05, 4.69) is 40.0 Å². The van der Waals surface area contributed by atoms with Crippen LogP contribution in [0.2, 0.25) is 0 Å². The SMILES string of the molecule is CC/C(=C(\c1ccc(O)cc1)c1ccc(OCCNC(=O)CCCCCCC(=O)N[C@H](C(=O)N2C[C@H](O)C[C@H]2C(=O)NCc2ccc(-c3scnc3C)cc2)C(C)(C)C)cc1)c1ccccc1. The van der Waals surface area contributed by atoms with Crippen molar-refractivity contribution in [3.05, 3.63) is 137 Å². The van der Waals surface area contributed by atoms with Crippen molar-refractivity contribution in [2.24, 2.45) is 5.41 Å². The molecule has 1 aliphatic heterocycles. The Balaban J connectivity index is 0.889. The average molecular weight is 928 g/mol. The molecular weight excluding hydrogens is 863 g/mol. The number of carbonyl (C=O) groups excluding carboxylic acids is 4. The molecule has 1 saturated heterocycles. The minimum absolute atomic E-state index is 0.00888. The van der Waals surface area contributed by atoms with Crippen LogP contribution in [0.3, 0.4) is 0 Å². The van der Waals surface area contributed by atoms with Crippen LogP contribution in [-0.4, -0.2) is 81.6 Å². The topological polar surface area (TPSA) is 170 Å². The zero-order valence-corrected chi connectivity index (χ0v) is 40.2. The molecule has 0 saturated carbocycles. The Hall–Kier alpha value is -6.31. The number of phenols is 1. The third-order valence-electron chi connectivity index (χ3n) is 12.0. The van der Waals surface area contributed by atoms with Gasteiger partial charge in [0, 0.05) is 32.4 Å². The number of nitrogens with zero attached hydrogens (tertiary/aromatic N) is 2. The third kappa shape index (κ3) is 14.1. The highest BCUT2D eigenvalue weighted by Crippen LogP contribution is 2.36. The van der Waals surface area contributed by atoms with Crippen LogP contribution in [-0.2, 0) is 25.7 Å². The fourth-order valence-corrected chi connectivity index (χ4v) is 9.22. The lowest BCUT2D eigenvalue weighted by Gasteiger charge is -2.35. The number of amides is 4. The number of β-amino-alcohol motifs (C(OH)–C–C–N with tert-alkyl or cyclic N) is 1. The zero-order valence-electron chi connectivity index (χ0n) is 39.3. The van der Waals surface area contributed by atoms with Crippen molar-refractivity contribution < 1.29 is 34.1 Å². The van der Waals surface area contributed by atoms with E-state index in [1.165, 1.54) is 10.5 Å². The molecule has 2 heterocycles. The Bertz CT molecular complexity index is 2450. The molecule has 4 aromatic carbocycles. The number of aryl methyl sites for hydroxylation is 1. The highest BCUT2D eigenvalue weighted by atomic mass is 32.1. The van der Waals surface area contributed by atoms with Gasteiger partial charge in [0.2, 0.25) is 23.6 Å². The van der Waals surface area contributed by atoms with Crippen LogP contribution >= 0.6 is 11.3 Å². The van der Waals surface area contributed by atoms with Gasteiger partial charge in [-0.2, -0.15) is 0 Å². The van der Waals surface area contributed by atoms with Gasteiger partial charge >= 0.3 is 0 Å². The number of aromatic hydroxyl groups is 1. The number of unbranched alkanes of at least 4 members (excludes halogenated alkanes) is 3. The van der Waals surface area contributed by atoms with Crippen molar-refractivity contribution >= 4 is 46.1 Å². The molecule has 1 aliphatic rings. The molecule has 1 fully saturated rings. The summed E-state index contributed by atoms with van der Waals surface area (Å²) in [6.07, 6.45) is 3.47. The van der Waals surface area contributed by atoms with Gasteiger partial charge in [-0.05, 0) is 94.8 Å². The Morgan fingerprint density at radius 2 is 1.46 bits per heavy atom. The summed E-state index contributed by atoms with van der Waals surface area (Å²) < 4.78 is 5.96. The number of allylic oxidation sites excluding steroid dienone is 1. The largest absolute Gasteiger partial charge is 0.508 e. The Morgan fingerprint density at radius 3 is 2.07 bits per heavy atom. The van der Waals surface area contributed by atoms with Crippen LogP contribution in [0.1, 0.15) is 107 Å². The summed E-state index contributed by atoms with van der Waals surface area (Å²) in [4.78, 5) is 60.0. The number of hydrogen-bond donors (Lipinski definition) is 5. The van der Waals surface area contributed by atoms with E-state index in [1.807, 2.05) is 112 Å². The van der Waals surface area contributed by atoms with E-state index >= 15 is 0 Å². The van der Waals surface area contributed by atoms with E-state index in [0.717, 1.165) is 63.2 Å². The van der Waals surface area contributed by atoms with Crippen LogP contribution in [0, 0.1) is 12.3 Å². The summed E-state index contributed by atoms with van der Waals surface area (Å²) in [5, 5.41) is 29.3. The van der Waals surface area contributed by atoms with Gasteiger partial charge in [0.15, 0.2) is 0 Å². The van der Waals surface area contributed by atoms with Gasteiger partial charge in [0.05, 0.1) is 28.7 Å². The average Bonchev–Trinajstić information content (AvgIpc) is 3.94. The van der Waals surface area contributed by atoms with E-state index in [4.69, 9.17) is 4.74 Å². The van der Waals surface area contributed by atoms with E-state index in [9.17, 15) is 29.4 Å². The number of aromatic nitrogens is 1. The van der Waals surface area contributed by atoms with Crippen LogP contribution < -0.4 is 20.7 Å². The molecule has 354 valence electrons. The molecule has 67 heavy (non-hydrogen) atoms. The molecule has 12 nitrogen and oxygen atoms in total. The molecule has 0 bridgehead atoms. The van der Waals surface area contributed by atoms with Crippen molar-refractivity contribution in [3.8, 4) is 21.9 Å². The zero-order chi connectivity index (χ0) is 47.9. The number of aliphatic hydroxyl groups excluding tert-OH is 1. The maximum Gasteiger partial charge on any atom is 0.246 e. The van der Waals surface area contributed by atoms with Crippen LogP contribution in [0.15, 0.2) is 109 Å². The first-order valence-electron chi connectivity index (χ1n) is 23.3. The van der Waals surface area contributed by atoms with Gasteiger partial charge in [0.25, 0.3) is 0 Å². The molecule has 5 N–H and O–H groups in total. The van der Waals surface area contributed by atoms with Crippen molar-refractivity contribution in [1.29, 1.82) is 0 Å². The third-order valence-corrected chi connectivity index (χ3v) is 13.0. The number of aliphatic hydroxyl groups is 1. The maximum atomic E-state index is 14.0. The highest BCUT2D eigenvalue weighted by Gasteiger charge is 2.44. The van der Waals surface area contributed by atoms with Crippen LogP contribution in [0.5, 0.6) is 11.5 Å². The van der Waals surface area contributed by atoms with Crippen LogP contribution in [0.25, 0.3) is 21.6 Å². The number of nitrogens with one attached hydrogen (secondary N) is 3. The normalized spacial score (nSPS) is 15.6. The summed E-state index contributed by atoms with van der Waals surface area (Å²) in [5.41, 5.74) is 9.56. The number of benzene rings is 4. The molecule has 5 aromatic rings. The van der Waals surface area contributed by atoms with Gasteiger partial charge in [-0.25, -0.2) is 4.98 Å². The van der Waals surface area contributed by atoms with Gasteiger partial charge in [-0.1, -0.05) is 119 Å². The Morgan fingerprint density at radius 1 is 0.821 bits per heavy atom. The minimum atomic E-state index is -0.893. The van der Waals surface area contributed by atoms with Gasteiger partial charge in [-0.15, -0.1) is 11.3 Å². The van der Waals surface area contributed by atoms with Crippen molar-refractivity contribution in [2.45, 2.75) is 111 Å². The Labute approximate surface area is 398 Å². The summed E-state index contributed by atoms with van der Waals surface area (Å²) in [5.74, 6) is -0.152. The molecule has 0 aliphatic carbocycles. The molecule has 13 heteroatoms. The summed E-state index contributed by atoms with van der Waals surface area (Å²) >= 11 is 1.58. The fraction of sp³-hybridized carbons (Fsp3) is 0.389. The number of phenolic OH excluding ortho intramolecular Hbond substituents is 1. The smallest absolute Gasteiger partial charge is 0.246 e. The lowest BCUT2D eigenvalue weighted by atomic mass is 9.85. The van der Waals surface area contributed by atoms with E-state index in [0.29, 0.717) is 38.2 Å². The molecule has 1 aromatic heterocycles. The number of rotatable bonds is 21. The van der Waals surface area contributed by atoms with E-state index < -0.39 is 29.5 Å². The molecule has 3 atom stereocenters. The second-order valence-corrected chi connectivity index (χ2v) is 19.1. The molecule has 0 radical (unpaired) electrons. The monoisotopic (exact) mass is 927 g/mol. The number of ether oxygens (including phenoxy) is 1. The van der Waals surface area contributed by atoms with Gasteiger partial charge in [-0.3, -0.25) is 19.2 Å². The molecule has 0 unspecified atom stereocenters. The van der Waals surface area contributed by atoms with E-state index in [-0.39, 0.29) is 49.4 Å². The summed E-state index contributed by atoms with van der Waals surface area (Å²) in [6.45, 7) is 10.7. The first-order valence-corrected chi connectivity index (χ1v) is 24.2. The molecular formula is C54H65N5O7S. The standard InChI is InChI=1S/C54H65N5O7S/c1-6-45(38-14-10-9-11-15-38)49(39-22-26-42(60)27-23-39)40-24-28-44(29-25-40)66-31-30-55-47(62)16-12-7-8-13-17-48(63)58-51(54(3,4)5)53(65)59-34-43(61)32-46(59)52(64)56-33-37-18-20-41(21-19-37)50-36(2)57-35-67-50/h9-11,14-15,18-29,35,43,46,51,60-61H,6-8,12-13,16-17,30-34H2,1-5H3,(H,55,62)(H,56,64)(H,58,63)/b49-45-/t43-,46+,51-/m1/s1. The summed E-state index contributed by atoms with van der Waals surface area (Å²) in [6, 6.07) is 31.6. The van der Waals surface area contributed by atoms with Gasteiger partial charge in [0.1, 0.15) is 30.2 Å². The number of likely N-dealkylation sites (tertiary alicyclic amines) is 1. The molecule has 6 rings (SSSR count). The van der Waals surface area contributed by atoms with Crippen molar-refractivity contribution in [2.75, 3.05) is 19.7 Å². The predicted molar refractivity (Wildman–Crippen MR) is 265 cm³/mol.